The van der Waals surface area contributed by atoms with Gasteiger partial charge < -0.3 is 58.0 Å². The Morgan fingerprint density at radius 2 is 1.76 bits per heavy atom. The molecule has 228 valence electrons. The molecule has 1 aromatic rings. The second-order valence-electron chi connectivity index (χ2n) is 10.7. The predicted molar refractivity (Wildman–Crippen MR) is 140 cm³/mol. The first kappa shape index (κ1) is 28.8. The average Bonchev–Trinajstić information content (AvgIpc) is 3.61. The van der Waals surface area contributed by atoms with Crippen LogP contribution in [0.3, 0.4) is 0 Å². The molecule has 7 unspecified atom stereocenters. The number of carbonyl (C=O) groups excluding carboxylic acids is 1. The van der Waals surface area contributed by atoms with Gasteiger partial charge in [-0.1, -0.05) is 12.7 Å². The van der Waals surface area contributed by atoms with Crippen molar-refractivity contribution < 1.29 is 62.7 Å². The van der Waals surface area contributed by atoms with Gasteiger partial charge in [-0.15, -0.1) is 0 Å². The van der Waals surface area contributed by atoms with Crippen LogP contribution in [-0.2, 0) is 38.0 Å². The highest BCUT2D eigenvalue weighted by molar-refractivity contribution is 5.78. The quantitative estimate of drug-likeness (QED) is 0.239. The summed E-state index contributed by atoms with van der Waals surface area (Å²) in [7, 11) is 2.76. The number of allylic oxidation sites excluding steroid dienone is 2. The third-order valence-corrected chi connectivity index (χ3v) is 8.36. The fraction of sp³-hybridized carbons (Fsp3) is 0.552. The van der Waals surface area contributed by atoms with Gasteiger partial charge in [-0.3, -0.25) is 4.79 Å². The number of rotatable bonds is 7. The van der Waals surface area contributed by atoms with Gasteiger partial charge in [-0.05, 0) is 36.3 Å². The smallest absolute Gasteiger partial charge is 0.310 e. The van der Waals surface area contributed by atoms with Gasteiger partial charge in [0.2, 0.25) is 6.79 Å². The van der Waals surface area contributed by atoms with Crippen molar-refractivity contribution in [2.24, 2.45) is 11.8 Å². The Morgan fingerprint density at radius 1 is 1.02 bits per heavy atom. The van der Waals surface area contributed by atoms with E-state index in [1.54, 1.807) is 25.1 Å². The van der Waals surface area contributed by atoms with Crippen LogP contribution in [0.2, 0.25) is 0 Å². The van der Waals surface area contributed by atoms with Crippen LogP contribution in [0.25, 0.3) is 0 Å². The lowest BCUT2D eigenvalue weighted by molar-refractivity contribution is -0.364. The molecule has 1 aliphatic carbocycles. The van der Waals surface area contributed by atoms with Crippen molar-refractivity contribution in [3.8, 4) is 11.5 Å². The number of ether oxygens (including phenoxy) is 9. The van der Waals surface area contributed by atoms with Crippen molar-refractivity contribution in [2.45, 2.75) is 55.9 Å². The minimum absolute atomic E-state index is 0.00854. The summed E-state index contributed by atoms with van der Waals surface area (Å²) >= 11 is 0. The van der Waals surface area contributed by atoms with Gasteiger partial charge in [0.05, 0.1) is 39.5 Å². The van der Waals surface area contributed by atoms with E-state index < -0.39 is 66.8 Å². The van der Waals surface area contributed by atoms with E-state index in [0.717, 1.165) is 0 Å². The second kappa shape index (κ2) is 11.4. The maximum atomic E-state index is 13.2. The molecule has 5 aliphatic rings. The number of aliphatic hydroxyl groups is 3. The van der Waals surface area contributed by atoms with E-state index in [4.69, 9.17) is 42.6 Å². The topological polar surface area (TPSA) is 161 Å². The number of carbonyl (C=O) groups is 1. The molecule has 4 aliphatic heterocycles. The van der Waals surface area contributed by atoms with Crippen molar-refractivity contribution in [3.05, 3.63) is 59.3 Å². The lowest BCUT2D eigenvalue weighted by Crippen LogP contribution is -2.63. The number of aliphatic hydroxyl groups excluding tert-OH is 3. The normalized spacial score (nSPS) is 37.3. The van der Waals surface area contributed by atoms with Crippen LogP contribution in [0.5, 0.6) is 11.5 Å². The van der Waals surface area contributed by atoms with E-state index in [9.17, 15) is 20.1 Å². The predicted octanol–water partition coefficient (Wildman–Crippen LogP) is 1.70. The largest absolute Gasteiger partial charge is 0.502 e. The van der Waals surface area contributed by atoms with Crippen LogP contribution >= 0.6 is 0 Å². The fourth-order valence-corrected chi connectivity index (χ4v) is 6.20. The molecule has 3 fully saturated rings. The Hall–Kier alpha value is -3.33. The second-order valence-corrected chi connectivity index (χ2v) is 10.7. The molecule has 13 heteroatoms. The van der Waals surface area contributed by atoms with Crippen LogP contribution in [0.15, 0.2) is 48.1 Å². The first-order valence-electron chi connectivity index (χ1n) is 13.6. The number of hydrogen-bond acceptors (Lipinski definition) is 13. The van der Waals surface area contributed by atoms with E-state index >= 15 is 0 Å². The summed E-state index contributed by atoms with van der Waals surface area (Å²) in [5, 5.41) is 32.4. The Balaban J connectivity index is 1.38. The summed E-state index contributed by atoms with van der Waals surface area (Å²) in [6.07, 6.45) is -3.52. The standard InChI is InChI=1S/C29H34O13/c1-12(34-3)23(30)18(35-4)6-5-14-15-7-19-20(39-11-38-19)8-16(15)26(17-9-37-28(33)22(14)17)42-29-25(32)24(31)27-21(41-29)10-36-13(2)40-27/h5-8,13-14,17,21-22,24-27,29-32H,1,9-11H2,2-4H3/b6-5+,23-18-/t13-,14-,17?,21?,22?,24?,25-,26?,27?,29?/m1/s1. The zero-order valence-electron chi connectivity index (χ0n) is 23.3. The maximum absolute atomic E-state index is 13.2. The highest BCUT2D eigenvalue weighted by Gasteiger charge is 2.55. The molecule has 0 bridgehead atoms. The molecule has 1 aromatic carbocycles. The first-order valence-corrected chi connectivity index (χ1v) is 13.6. The van der Waals surface area contributed by atoms with Gasteiger partial charge in [-0.25, -0.2) is 0 Å². The summed E-state index contributed by atoms with van der Waals surface area (Å²) in [6, 6.07) is 3.56. The van der Waals surface area contributed by atoms with Crippen molar-refractivity contribution >= 4 is 5.97 Å². The Bertz CT molecular complexity index is 1290. The molecule has 0 radical (unpaired) electrons. The highest BCUT2D eigenvalue weighted by Crippen LogP contribution is 2.54. The van der Waals surface area contributed by atoms with Gasteiger partial charge in [0, 0.05) is 11.8 Å². The zero-order chi connectivity index (χ0) is 29.7. The molecular weight excluding hydrogens is 556 g/mol. The summed E-state index contributed by atoms with van der Waals surface area (Å²) in [5.41, 5.74) is 1.35. The van der Waals surface area contributed by atoms with Crippen LogP contribution in [-0.4, -0.2) is 92.5 Å². The van der Waals surface area contributed by atoms with E-state index in [1.165, 1.54) is 20.3 Å². The summed E-state index contributed by atoms with van der Waals surface area (Å²) in [6.45, 7) is 5.57. The molecular formula is C29H34O13. The Morgan fingerprint density at radius 3 is 2.48 bits per heavy atom. The minimum Gasteiger partial charge on any atom is -0.502 e. The summed E-state index contributed by atoms with van der Waals surface area (Å²) < 4.78 is 50.8. The molecule has 0 spiro atoms. The van der Waals surface area contributed by atoms with Crippen molar-refractivity contribution in [2.75, 3.05) is 34.2 Å². The average molecular weight is 591 g/mol. The van der Waals surface area contributed by atoms with Crippen LogP contribution in [0.4, 0.5) is 0 Å². The monoisotopic (exact) mass is 590 g/mol. The van der Waals surface area contributed by atoms with Gasteiger partial charge in [0.15, 0.2) is 41.4 Å². The molecule has 10 atom stereocenters. The number of methoxy groups -OCH3 is 2. The molecule has 0 aromatic heterocycles. The zero-order valence-corrected chi connectivity index (χ0v) is 23.3. The molecule has 42 heavy (non-hydrogen) atoms. The van der Waals surface area contributed by atoms with Crippen molar-refractivity contribution in [1.29, 1.82) is 0 Å². The Labute approximate surface area is 241 Å². The summed E-state index contributed by atoms with van der Waals surface area (Å²) in [4.78, 5) is 13.2. The third-order valence-electron chi connectivity index (χ3n) is 8.36. The lowest BCUT2D eigenvalue weighted by Gasteiger charge is -2.47. The van der Waals surface area contributed by atoms with Crippen molar-refractivity contribution in [1.82, 2.24) is 0 Å². The third kappa shape index (κ3) is 4.89. The molecule has 0 saturated carbocycles. The van der Waals surface area contributed by atoms with E-state index in [0.29, 0.717) is 22.6 Å². The van der Waals surface area contributed by atoms with Crippen LogP contribution in [0, 0.1) is 11.8 Å². The first-order chi connectivity index (χ1) is 20.2. The maximum Gasteiger partial charge on any atom is 0.310 e. The number of esters is 1. The Kier molecular flexibility index (Phi) is 7.81. The van der Waals surface area contributed by atoms with Gasteiger partial charge in [-0.2, -0.15) is 0 Å². The SMILES string of the molecule is C=C(OC)/C(O)=C(\C=C\[C@@H]1c2cc3c(cc2C(OC2OC4CO[C@@H](C)OC4C(O)[C@H]2O)C2COC(=O)C21)OCO3)OC. The number of cyclic esters (lactones) is 1. The fourth-order valence-electron chi connectivity index (χ4n) is 6.20. The van der Waals surface area contributed by atoms with Crippen LogP contribution in [0.1, 0.15) is 30.1 Å². The molecule has 13 nitrogen and oxygen atoms in total. The molecule has 0 amide bonds. The van der Waals surface area contributed by atoms with Gasteiger partial charge in [0.25, 0.3) is 0 Å². The highest BCUT2D eigenvalue weighted by atomic mass is 16.8. The molecule has 6 rings (SSSR count). The number of hydrogen-bond donors (Lipinski definition) is 3. The van der Waals surface area contributed by atoms with Crippen LogP contribution < -0.4 is 9.47 Å². The van der Waals surface area contributed by atoms with Gasteiger partial charge >= 0.3 is 5.97 Å². The van der Waals surface area contributed by atoms with E-state index in [-0.39, 0.29) is 37.3 Å². The minimum atomic E-state index is -1.44. The molecule has 3 N–H and O–H groups in total. The summed E-state index contributed by atoms with van der Waals surface area (Å²) in [5.74, 6) is -1.40. The van der Waals surface area contributed by atoms with Gasteiger partial charge in [0.1, 0.15) is 24.4 Å². The molecule has 3 saturated heterocycles. The molecule has 4 heterocycles. The van der Waals surface area contributed by atoms with E-state index in [1.807, 2.05) is 0 Å². The number of benzene rings is 1. The number of fused-ring (bicyclic) bond motifs is 4. The lowest BCUT2D eigenvalue weighted by atomic mass is 9.68. The van der Waals surface area contributed by atoms with Crippen molar-refractivity contribution in [3.63, 3.8) is 0 Å². The van der Waals surface area contributed by atoms with E-state index in [2.05, 4.69) is 6.58 Å².